The molecule has 3 aromatic rings. The summed E-state index contributed by atoms with van der Waals surface area (Å²) in [6, 6.07) is 21.6. The molecule has 3 aromatic carbocycles. The molecule has 3 aliphatic rings. The van der Waals surface area contributed by atoms with E-state index in [4.69, 9.17) is 4.74 Å². The van der Waals surface area contributed by atoms with Crippen LogP contribution in [0, 0.1) is 23.7 Å². The third-order valence-electron chi connectivity index (χ3n) is 9.92. The molecule has 6 rings (SSSR count). The number of likely N-dealkylation sites (tertiary alicyclic amines) is 1. The Bertz CT molecular complexity index is 1530. The molecule has 1 spiro atoms. The van der Waals surface area contributed by atoms with Gasteiger partial charge in [-0.25, -0.2) is 0 Å². The first-order valence-electron chi connectivity index (χ1n) is 14.8. The topological polar surface area (TPSA) is 108 Å². The Kier molecular flexibility index (Phi) is 7.10. The maximum Gasteiger partial charge on any atom is 0.250 e. The van der Waals surface area contributed by atoms with E-state index in [9.17, 15) is 19.5 Å². The molecule has 3 N–H and O–H groups in total. The van der Waals surface area contributed by atoms with Crippen molar-refractivity contribution >= 4 is 34.2 Å². The normalized spacial score (nSPS) is 30.5. The second kappa shape index (κ2) is 10.5. The van der Waals surface area contributed by atoms with Crippen LogP contribution in [0.25, 0.3) is 10.8 Å². The Morgan fingerprint density at radius 3 is 2.40 bits per heavy atom. The summed E-state index contributed by atoms with van der Waals surface area (Å²) in [6.07, 6.45) is 0.463. The van der Waals surface area contributed by atoms with Gasteiger partial charge in [0, 0.05) is 12.2 Å². The Hall–Kier alpha value is -3.75. The number of ether oxygens (including phenoxy) is 1. The van der Waals surface area contributed by atoms with E-state index in [2.05, 4.69) is 10.6 Å². The summed E-state index contributed by atoms with van der Waals surface area (Å²) in [4.78, 5) is 44.2. The van der Waals surface area contributed by atoms with Crippen LogP contribution in [-0.2, 0) is 25.7 Å². The van der Waals surface area contributed by atoms with E-state index >= 15 is 0 Å². The molecular formula is C34H39N3O5. The number of amides is 3. The fraction of sp³-hybridized carbons (Fsp3) is 0.441. The number of aliphatic hydroxyl groups is 1. The quantitative estimate of drug-likeness (QED) is 0.378. The van der Waals surface area contributed by atoms with E-state index in [-0.39, 0.29) is 36.2 Å². The van der Waals surface area contributed by atoms with Gasteiger partial charge in [0.15, 0.2) is 0 Å². The maximum atomic E-state index is 14.4. The predicted octanol–water partition coefficient (Wildman–Crippen LogP) is 4.12. The average Bonchev–Trinajstić information content (AvgIpc) is 3.49. The lowest BCUT2D eigenvalue weighted by Gasteiger charge is -2.38. The fourth-order valence-corrected chi connectivity index (χ4v) is 7.73. The van der Waals surface area contributed by atoms with Crippen LogP contribution in [0.1, 0.15) is 39.7 Å². The van der Waals surface area contributed by atoms with Crippen LogP contribution in [0.5, 0.6) is 0 Å². The molecule has 3 fully saturated rings. The molecule has 42 heavy (non-hydrogen) atoms. The standard InChI is InChI=1S/C34H39N3O5/c1-20(2)26(19-38)37-29(31(40)36-25-15-14-23-12-8-9-13-24(23)16-25)34-17-21(3)33(4,42-34)27(28(34)32(37)41)30(39)35-18-22-10-6-5-7-11-22/h5-16,20-21,26-29,38H,17-19H2,1-4H3,(H,35,39)(H,36,40)/t21?,26-,27+,28-,29?,33-,34?/m0/s1. The van der Waals surface area contributed by atoms with E-state index in [0.29, 0.717) is 18.7 Å². The van der Waals surface area contributed by atoms with Gasteiger partial charge >= 0.3 is 0 Å². The maximum absolute atomic E-state index is 14.4. The van der Waals surface area contributed by atoms with Gasteiger partial charge in [0.1, 0.15) is 11.6 Å². The summed E-state index contributed by atoms with van der Waals surface area (Å²) >= 11 is 0. The summed E-state index contributed by atoms with van der Waals surface area (Å²) in [5, 5.41) is 18.6. The van der Waals surface area contributed by atoms with E-state index in [1.807, 2.05) is 100 Å². The molecule has 8 nitrogen and oxygen atoms in total. The van der Waals surface area contributed by atoms with E-state index in [1.165, 1.54) is 4.90 Å². The van der Waals surface area contributed by atoms with Crippen molar-refractivity contribution < 1.29 is 24.2 Å². The number of nitrogens with zero attached hydrogens (tertiary/aromatic N) is 1. The molecule has 3 amide bonds. The summed E-state index contributed by atoms with van der Waals surface area (Å²) in [5.74, 6) is -2.75. The lowest BCUT2D eigenvalue weighted by molar-refractivity contribution is -0.150. The number of hydrogen-bond acceptors (Lipinski definition) is 5. The lowest BCUT2D eigenvalue weighted by Crippen LogP contribution is -2.57. The van der Waals surface area contributed by atoms with Crippen LogP contribution >= 0.6 is 0 Å². The first-order valence-corrected chi connectivity index (χ1v) is 14.8. The Morgan fingerprint density at radius 2 is 1.71 bits per heavy atom. The van der Waals surface area contributed by atoms with Crippen LogP contribution in [0.4, 0.5) is 5.69 Å². The summed E-state index contributed by atoms with van der Waals surface area (Å²) in [6.45, 7) is 7.80. The molecule has 3 unspecified atom stereocenters. The minimum absolute atomic E-state index is 0.0726. The van der Waals surface area contributed by atoms with Crippen molar-refractivity contribution in [2.24, 2.45) is 23.7 Å². The zero-order chi connectivity index (χ0) is 29.8. The van der Waals surface area contributed by atoms with Crippen molar-refractivity contribution in [3.05, 3.63) is 78.4 Å². The number of benzene rings is 3. The number of anilines is 1. The molecule has 220 valence electrons. The van der Waals surface area contributed by atoms with Gasteiger partial charge in [0.05, 0.1) is 30.1 Å². The second-order valence-corrected chi connectivity index (χ2v) is 12.7. The number of rotatable bonds is 8. The van der Waals surface area contributed by atoms with Crippen molar-refractivity contribution in [1.29, 1.82) is 0 Å². The third kappa shape index (κ3) is 4.31. The molecule has 0 saturated carbocycles. The van der Waals surface area contributed by atoms with Crippen LogP contribution in [0.3, 0.4) is 0 Å². The van der Waals surface area contributed by atoms with Crippen molar-refractivity contribution in [3.63, 3.8) is 0 Å². The Morgan fingerprint density at radius 1 is 1.02 bits per heavy atom. The van der Waals surface area contributed by atoms with Crippen molar-refractivity contribution in [1.82, 2.24) is 10.2 Å². The van der Waals surface area contributed by atoms with E-state index in [0.717, 1.165) is 16.3 Å². The third-order valence-corrected chi connectivity index (χ3v) is 9.92. The zero-order valence-electron chi connectivity index (χ0n) is 24.5. The highest BCUT2D eigenvalue weighted by Crippen LogP contribution is 2.65. The summed E-state index contributed by atoms with van der Waals surface area (Å²) < 4.78 is 6.82. The van der Waals surface area contributed by atoms with Crippen molar-refractivity contribution in [3.8, 4) is 0 Å². The van der Waals surface area contributed by atoms with Crippen LogP contribution in [-0.4, -0.2) is 57.6 Å². The van der Waals surface area contributed by atoms with Crippen LogP contribution in [0.2, 0.25) is 0 Å². The molecule has 8 heteroatoms. The highest BCUT2D eigenvalue weighted by Gasteiger charge is 2.80. The first kappa shape index (κ1) is 28.4. The van der Waals surface area contributed by atoms with E-state index < -0.39 is 35.1 Å². The van der Waals surface area contributed by atoms with Gasteiger partial charge in [0.25, 0.3) is 0 Å². The van der Waals surface area contributed by atoms with Gasteiger partial charge in [-0.3, -0.25) is 14.4 Å². The Balaban J connectivity index is 1.38. The van der Waals surface area contributed by atoms with Crippen molar-refractivity contribution in [2.45, 2.75) is 63.9 Å². The highest BCUT2D eigenvalue weighted by molar-refractivity contribution is 6.04. The van der Waals surface area contributed by atoms with Crippen LogP contribution in [0.15, 0.2) is 72.8 Å². The molecular weight excluding hydrogens is 530 g/mol. The predicted molar refractivity (Wildman–Crippen MR) is 160 cm³/mol. The highest BCUT2D eigenvalue weighted by atomic mass is 16.5. The lowest BCUT2D eigenvalue weighted by atomic mass is 9.62. The molecule has 0 aliphatic carbocycles. The molecule has 3 aliphatic heterocycles. The molecule has 0 aromatic heterocycles. The fourth-order valence-electron chi connectivity index (χ4n) is 7.73. The smallest absolute Gasteiger partial charge is 0.250 e. The molecule has 3 heterocycles. The minimum Gasteiger partial charge on any atom is -0.394 e. The summed E-state index contributed by atoms with van der Waals surface area (Å²) in [7, 11) is 0. The van der Waals surface area contributed by atoms with Gasteiger partial charge in [-0.2, -0.15) is 0 Å². The van der Waals surface area contributed by atoms with Gasteiger partial charge < -0.3 is 25.4 Å². The number of fused-ring (bicyclic) bond motifs is 2. The van der Waals surface area contributed by atoms with Crippen LogP contribution < -0.4 is 10.6 Å². The number of aliphatic hydroxyl groups excluding tert-OH is 1. The van der Waals surface area contributed by atoms with E-state index in [1.54, 1.807) is 0 Å². The van der Waals surface area contributed by atoms with Gasteiger partial charge in [-0.15, -0.1) is 0 Å². The SMILES string of the molecule is CC(C)[C@H](CO)N1C(=O)[C@@H]2[C@H](C(=O)NCc3ccccc3)[C@@]3(C)OC2(CC3C)C1C(=O)Nc1ccc2ccccc2c1. The Labute approximate surface area is 246 Å². The average molecular weight is 570 g/mol. The monoisotopic (exact) mass is 569 g/mol. The molecule has 3 saturated heterocycles. The molecule has 7 atom stereocenters. The van der Waals surface area contributed by atoms with Crippen molar-refractivity contribution in [2.75, 3.05) is 11.9 Å². The number of carbonyl (C=O) groups excluding carboxylic acids is 3. The second-order valence-electron chi connectivity index (χ2n) is 12.7. The number of hydrogen-bond donors (Lipinski definition) is 3. The first-order chi connectivity index (χ1) is 20.1. The number of carbonyl (C=O) groups is 3. The van der Waals surface area contributed by atoms with Gasteiger partial charge in [-0.1, -0.05) is 81.4 Å². The summed E-state index contributed by atoms with van der Waals surface area (Å²) in [5.41, 5.74) is -0.542. The zero-order valence-corrected chi connectivity index (χ0v) is 24.5. The van der Waals surface area contributed by atoms with Gasteiger partial charge in [-0.05, 0) is 53.6 Å². The molecule has 0 radical (unpaired) electrons. The largest absolute Gasteiger partial charge is 0.394 e. The minimum atomic E-state index is -1.19. The number of nitrogens with one attached hydrogen (secondary N) is 2. The van der Waals surface area contributed by atoms with Gasteiger partial charge in [0.2, 0.25) is 17.7 Å². The molecule has 2 bridgehead atoms.